The second-order valence-electron chi connectivity index (χ2n) is 16.1. The lowest BCUT2D eigenvalue weighted by Gasteiger charge is -2.36. The van der Waals surface area contributed by atoms with E-state index in [0.29, 0.717) is 25.1 Å². The Morgan fingerprint density at radius 1 is 1.00 bits per heavy atom. The number of hydrogen-bond donors (Lipinski definition) is 6. The Balaban J connectivity index is 1.73. The second-order valence-corrected chi connectivity index (χ2v) is 16.1. The number of amides is 4. The molecule has 2 bridgehead atoms. The quantitative estimate of drug-likeness (QED) is 0.126. The summed E-state index contributed by atoms with van der Waals surface area (Å²) in [5.41, 5.74) is 3.34. The van der Waals surface area contributed by atoms with E-state index in [4.69, 9.17) is 9.57 Å². The SMILES string of the molecule is CC(=O)CC[C@H]1C(=O)N[C@@H](C(C)C)C(=O)NC(c2cc(O)cc(F)c2)C(=O)N2CCCC(N2)C(=O)O[C@H](/C(C)=C/C=C\C(=O)N2CCCCO2)C/C=C/C=C/[C@H](O)[C@H](C)[C@H]1O. The normalized spacial score (nSPS) is 29.2. The van der Waals surface area contributed by atoms with E-state index in [9.17, 15) is 48.5 Å². The van der Waals surface area contributed by atoms with Crippen LogP contribution in [0.5, 0.6) is 5.75 Å². The largest absolute Gasteiger partial charge is 0.508 e. The van der Waals surface area contributed by atoms with Crippen molar-refractivity contribution in [2.45, 2.75) is 116 Å². The molecule has 4 rings (SSSR count). The van der Waals surface area contributed by atoms with Crippen molar-refractivity contribution < 1.29 is 58.1 Å². The molecule has 1 aromatic carbocycles. The van der Waals surface area contributed by atoms with Crippen LogP contribution >= 0.6 is 0 Å². The zero-order chi connectivity index (χ0) is 44.8. The molecule has 3 heterocycles. The first kappa shape index (κ1) is 48.4. The molecule has 3 aliphatic rings. The number of aromatic hydroxyl groups is 1. The van der Waals surface area contributed by atoms with E-state index in [0.717, 1.165) is 36.0 Å². The second kappa shape index (κ2) is 23.1. The highest BCUT2D eigenvalue weighted by Crippen LogP contribution is 2.26. The number of cyclic esters (lactones) is 1. The summed E-state index contributed by atoms with van der Waals surface area (Å²) in [5, 5.41) is 40.5. The van der Waals surface area contributed by atoms with Gasteiger partial charge in [0.05, 0.1) is 24.7 Å². The number of benzene rings is 1. The van der Waals surface area contributed by atoms with E-state index >= 15 is 0 Å². The Morgan fingerprint density at radius 2 is 1.75 bits per heavy atom. The van der Waals surface area contributed by atoms with Gasteiger partial charge in [-0.3, -0.25) is 33.8 Å². The van der Waals surface area contributed by atoms with Crippen LogP contribution in [-0.4, -0.2) is 111 Å². The minimum absolute atomic E-state index is 0.0723. The van der Waals surface area contributed by atoms with Crippen molar-refractivity contribution in [3.63, 3.8) is 0 Å². The predicted molar refractivity (Wildman–Crippen MR) is 221 cm³/mol. The molecule has 61 heavy (non-hydrogen) atoms. The van der Waals surface area contributed by atoms with Gasteiger partial charge in [-0.15, -0.1) is 0 Å². The number of carbonyl (C=O) groups excluding carboxylic acids is 6. The van der Waals surface area contributed by atoms with E-state index < -0.39 is 89.4 Å². The number of nitrogens with one attached hydrogen (secondary N) is 3. The fraction of sp³-hybridized carbons (Fsp3) is 0.545. The number of aliphatic hydroxyl groups is 2. The number of hydroxylamine groups is 2. The number of phenolic OH excluding ortho intramolecular Hbond substituents is 1. The summed E-state index contributed by atoms with van der Waals surface area (Å²) >= 11 is 0. The van der Waals surface area contributed by atoms with Gasteiger partial charge in [0.15, 0.2) is 0 Å². The maximum atomic E-state index is 14.7. The van der Waals surface area contributed by atoms with Crippen LogP contribution in [0.2, 0.25) is 0 Å². The first-order valence-corrected chi connectivity index (χ1v) is 20.8. The van der Waals surface area contributed by atoms with E-state index in [2.05, 4.69) is 16.1 Å². The average Bonchev–Trinajstić information content (AvgIpc) is 3.22. The third kappa shape index (κ3) is 14.2. The number of aliphatic hydroxyl groups excluding tert-OH is 2. The molecule has 0 aliphatic carbocycles. The highest BCUT2D eigenvalue weighted by molar-refractivity contribution is 5.93. The van der Waals surface area contributed by atoms with Gasteiger partial charge in [0.25, 0.3) is 11.8 Å². The Labute approximate surface area is 355 Å². The molecule has 6 N–H and O–H groups in total. The van der Waals surface area contributed by atoms with Gasteiger partial charge in [-0.25, -0.2) is 14.9 Å². The van der Waals surface area contributed by atoms with Gasteiger partial charge >= 0.3 is 5.97 Å². The van der Waals surface area contributed by atoms with Crippen molar-refractivity contribution >= 4 is 35.4 Å². The van der Waals surface area contributed by atoms with Crippen molar-refractivity contribution in [3.8, 4) is 5.75 Å². The maximum absolute atomic E-state index is 14.7. The minimum atomic E-state index is -1.62. The number of ether oxygens (including phenoxy) is 1. The van der Waals surface area contributed by atoms with Crippen LogP contribution in [0.4, 0.5) is 4.39 Å². The fourth-order valence-corrected chi connectivity index (χ4v) is 7.16. The molecular weight excluding hydrogens is 794 g/mol. The van der Waals surface area contributed by atoms with E-state index in [1.165, 1.54) is 37.1 Å². The number of rotatable bonds is 8. The van der Waals surface area contributed by atoms with Crippen molar-refractivity contribution in [1.29, 1.82) is 0 Å². The molecule has 0 saturated carbocycles. The maximum Gasteiger partial charge on any atom is 0.325 e. The van der Waals surface area contributed by atoms with Gasteiger partial charge in [-0.1, -0.05) is 57.2 Å². The fourth-order valence-electron chi connectivity index (χ4n) is 7.16. The summed E-state index contributed by atoms with van der Waals surface area (Å²) in [5.74, 6) is -7.88. The third-order valence-electron chi connectivity index (χ3n) is 10.9. The zero-order valence-corrected chi connectivity index (χ0v) is 35.4. The Kier molecular flexibility index (Phi) is 18.4. The number of fused-ring (bicyclic) bond motifs is 2. The van der Waals surface area contributed by atoms with E-state index in [1.807, 2.05) is 0 Å². The topological polar surface area (TPSA) is 224 Å². The number of phenols is 1. The molecule has 2 fully saturated rings. The first-order chi connectivity index (χ1) is 29.0. The first-order valence-electron chi connectivity index (χ1n) is 20.8. The van der Waals surface area contributed by atoms with Gasteiger partial charge < -0.3 is 35.5 Å². The average molecular weight is 854 g/mol. The molecule has 17 heteroatoms. The summed E-state index contributed by atoms with van der Waals surface area (Å²) in [6.07, 6.45) is 9.47. The van der Waals surface area contributed by atoms with Crippen LogP contribution in [0.25, 0.3) is 0 Å². The van der Waals surface area contributed by atoms with Gasteiger partial charge in [-0.2, -0.15) is 0 Å². The molecule has 3 aliphatic heterocycles. The molecular formula is C44H60FN5O11. The molecule has 1 aromatic rings. The van der Waals surface area contributed by atoms with Crippen LogP contribution in [-0.2, 0) is 38.3 Å². The number of hydrazine groups is 1. The van der Waals surface area contributed by atoms with Crippen molar-refractivity contribution in [3.05, 3.63) is 77.7 Å². The number of carbonyl (C=O) groups is 6. The monoisotopic (exact) mass is 853 g/mol. The number of ketones is 1. The van der Waals surface area contributed by atoms with Gasteiger partial charge in [0, 0.05) is 44.0 Å². The number of allylic oxidation sites excluding steroid dienone is 4. The van der Waals surface area contributed by atoms with Gasteiger partial charge in [0.1, 0.15) is 41.6 Å². The summed E-state index contributed by atoms with van der Waals surface area (Å²) < 4.78 is 20.7. The number of hydrogen-bond acceptors (Lipinski definition) is 12. The Hall–Kier alpha value is -5.23. The van der Waals surface area contributed by atoms with Crippen LogP contribution in [0.15, 0.2) is 66.3 Å². The summed E-state index contributed by atoms with van der Waals surface area (Å²) in [6.45, 7) is 8.87. The molecule has 4 amide bonds. The van der Waals surface area contributed by atoms with E-state index in [-0.39, 0.29) is 49.5 Å². The minimum Gasteiger partial charge on any atom is -0.508 e. The lowest BCUT2D eigenvalue weighted by atomic mass is 9.84. The Morgan fingerprint density at radius 3 is 2.43 bits per heavy atom. The molecule has 334 valence electrons. The van der Waals surface area contributed by atoms with Crippen LogP contribution < -0.4 is 16.1 Å². The molecule has 0 radical (unpaired) electrons. The lowest BCUT2D eigenvalue weighted by molar-refractivity contribution is -0.191. The molecule has 8 atom stereocenters. The summed E-state index contributed by atoms with van der Waals surface area (Å²) in [7, 11) is 0. The van der Waals surface area contributed by atoms with Gasteiger partial charge in [0.2, 0.25) is 11.8 Å². The molecule has 2 saturated heterocycles. The number of Topliss-reactive ketones (excluding diaryl/α,β-unsaturated/α-hetero) is 1. The van der Waals surface area contributed by atoms with Crippen molar-refractivity contribution in [1.82, 2.24) is 26.1 Å². The van der Waals surface area contributed by atoms with Crippen LogP contribution in [0, 0.1) is 23.6 Å². The zero-order valence-electron chi connectivity index (χ0n) is 35.4. The van der Waals surface area contributed by atoms with Crippen molar-refractivity contribution in [2.75, 3.05) is 19.7 Å². The highest BCUT2D eigenvalue weighted by atomic mass is 19.1. The molecule has 2 unspecified atom stereocenters. The molecule has 16 nitrogen and oxygen atoms in total. The number of nitrogens with zero attached hydrogens (tertiary/aromatic N) is 2. The predicted octanol–water partition coefficient (Wildman–Crippen LogP) is 3.15. The third-order valence-corrected chi connectivity index (χ3v) is 10.9. The molecule has 0 aromatic heterocycles. The number of esters is 1. The van der Waals surface area contributed by atoms with E-state index in [1.54, 1.807) is 45.1 Å². The smallest absolute Gasteiger partial charge is 0.325 e. The van der Waals surface area contributed by atoms with Crippen molar-refractivity contribution in [2.24, 2.45) is 17.8 Å². The highest BCUT2D eigenvalue weighted by Gasteiger charge is 2.39. The Bertz CT molecular complexity index is 1840. The summed E-state index contributed by atoms with van der Waals surface area (Å²) in [4.78, 5) is 86.2. The molecule has 0 spiro atoms. The number of halogens is 1. The van der Waals surface area contributed by atoms with Crippen LogP contribution in [0.3, 0.4) is 0 Å². The summed E-state index contributed by atoms with van der Waals surface area (Å²) in [6, 6.07) is -1.06. The lowest BCUT2D eigenvalue weighted by Crippen LogP contribution is -2.59. The standard InChI is InChI=1S/C44H60FN5O11/c1-26(2)38-42(57)47-39(30-23-31(45)25-32(52)24-30)43(58)49-20-12-14-34(48-49)44(59)61-36(27(3)13-11-17-37(54)50-21-9-10-22-60-50)16-8-6-7-15-35(53)29(5)40(55)33(41(56)46-38)19-18-28(4)51/h6-8,11,13,15,17,23-26,29,33-36,38-40,48,52-53,55H,9-10,12,14,16,18-22H2,1-5H3,(H,46,56)(H,47,57)/b8-6+,15-7+,17-11-,27-13+/t29-,33+,34?,35-,36-,38-,39?,40+/m0/s1. The van der Waals surface area contributed by atoms with Crippen LogP contribution in [0.1, 0.15) is 91.2 Å². The van der Waals surface area contributed by atoms with Gasteiger partial charge in [-0.05, 0) is 75.1 Å².